The molecule has 0 aliphatic heterocycles. The van der Waals surface area contributed by atoms with Crippen LogP contribution in [0.15, 0.2) is 15.8 Å². The van der Waals surface area contributed by atoms with Crippen molar-refractivity contribution in [1.29, 1.82) is 0 Å². The van der Waals surface area contributed by atoms with Crippen LogP contribution in [0.3, 0.4) is 0 Å². The summed E-state index contributed by atoms with van der Waals surface area (Å²) in [6, 6.07) is -1.28. The zero-order valence-corrected chi connectivity index (χ0v) is 10.9. The number of nitrogens with two attached hydrogens (primary N) is 1. The summed E-state index contributed by atoms with van der Waals surface area (Å²) in [5, 5.41) is 11.3. The number of nitrogens with one attached hydrogen (secondary N) is 2. The van der Waals surface area contributed by atoms with Crippen LogP contribution in [0.5, 0.6) is 0 Å². The monoisotopic (exact) mass is 284 g/mol. The fraction of sp³-hybridized carbons (Fsp3) is 0.455. The zero-order chi connectivity index (χ0) is 15.3. The van der Waals surface area contributed by atoms with E-state index in [1.165, 1.54) is 13.1 Å². The number of carbonyl (C=O) groups is 2. The van der Waals surface area contributed by atoms with E-state index in [0.29, 0.717) is 0 Å². The lowest BCUT2D eigenvalue weighted by molar-refractivity contribution is -0.142. The van der Waals surface area contributed by atoms with Gasteiger partial charge in [-0.1, -0.05) is 0 Å². The smallest absolute Gasteiger partial charge is 0.328 e. The van der Waals surface area contributed by atoms with Crippen molar-refractivity contribution in [3.05, 3.63) is 32.6 Å². The second kappa shape index (κ2) is 6.66. The lowest BCUT2D eigenvalue weighted by atomic mass is 10.2. The van der Waals surface area contributed by atoms with E-state index in [9.17, 15) is 19.2 Å². The molecule has 0 radical (unpaired) electrons. The molecule has 0 aliphatic rings. The predicted molar refractivity (Wildman–Crippen MR) is 69.3 cm³/mol. The Morgan fingerprint density at radius 3 is 2.70 bits per heavy atom. The highest BCUT2D eigenvalue weighted by molar-refractivity contribution is 5.83. The molecule has 110 valence electrons. The Bertz CT molecular complexity index is 618. The summed E-state index contributed by atoms with van der Waals surface area (Å²) in [6.07, 6.45) is 1.23. The molecule has 1 heterocycles. The second-order valence-corrected chi connectivity index (χ2v) is 4.22. The topological polar surface area (TPSA) is 147 Å². The number of aliphatic carboxylic acids is 1. The summed E-state index contributed by atoms with van der Waals surface area (Å²) >= 11 is 0. The summed E-state index contributed by atoms with van der Waals surface area (Å²) in [5.74, 6) is -1.81. The van der Waals surface area contributed by atoms with E-state index in [2.05, 4.69) is 10.3 Å². The fourth-order valence-electron chi connectivity index (χ4n) is 1.53. The van der Waals surface area contributed by atoms with Crippen LogP contribution in [0.1, 0.15) is 12.0 Å². The predicted octanol–water partition coefficient (Wildman–Crippen LogP) is -2.24. The van der Waals surface area contributed by atoms with Crippen LogP contribution < -0.4 is 22.3 Å². The van der Waals surface area contributed by atoms with Gasteiger partial charge in [0, 0.05) is 24.7 Å². The van der Waals surface area contributed by atoms with Crippen LogP contribution in [0.25, 0.3) is 0 Å². The van der Waals surface area contributed by atoms with Crippen molar-refractivity contribution in [2.24, 2.45) is 5.73 Å². The molecule has 1 atom stereocenters. The molecule has 5 N–H and O–H groups in total. The van der Waals surface area contributed by atoms with E-state index in [-0.39, 0.29) is 25.1 Å². The first-order valence-corrected chi connectivity index (χ1v) is 5.87. The van der Waals surface area contributed by atoms with Crippen molar-refractivity contribution in [3.8, 4) is 0 Å². The standard InChI is InChI=1S/C11H16N4O5/c1-6-4-15(11(20)14-9(6)17)5-7(10(18)19)13-8(16)2-3-12/h4,7H,2-3,5,12H2,1H3,(H,13,16)(H,18,19)(H,14,17,20). The van der Waals surface area contributed by atoms with Crippen LogP contribution in [-0.2, 0) is 16.1 Å². The molecule has 1 amide bonds. The van der Waals surface area contributed by atoms with Gasteiger partial charge >= 0.3 is 11.7 Å². The Balaban J connectivity index is 2.94. The number of amides is 1. The van der Waals surface area contributed by atoms with Crippen LogP contribution in [0.2, 0.25) is 0 Å². The Morgan fingerprint density at radius 1 is 1.50 bits per heavy atom. The fourth-order valence-corrected chi connectivity index (χ4v) is 1.53. The van der Waals surface area contributed by atoms with Crippen LogP contribution in [-0.4, -0.2) is 39.1 Å². The van der Waals surface area contributed by atoms with Crippen molar-refractivity contribution in [3.63, 3.8) is 0 Å². The maximum Gasteiger partial charge on any atom is 0.328 e. The quantitative estimate of drug-likeness (QED) is 0.464. The number of aromatic amines is 1. The summed E-state index contributed by atoms with van der Waals surface area (Å²) in [6.45, 7) is 1.29. The molecule has 9 nitrogen and oxygen atoms in total. The van der Waals surface area contributed by atoms with E-state index in [4.69, 9.17) is 10.8 Å². The number of carbonyl (C=O) groups excluding carboxylic acids is 1. The van der Waals surface area contributed by atoms with E-state index in [1.807, 2.05) is 0 Å². The molecule has 0 aliphatic carbocycles. The van der Waals surface area contributed by atoms with Gasteiger partial charge in [0.1, 0.15) is 6.04 Å². The van der Waals surface area contributed by atoms with Gasteiger partial charge < -0.3 is 16.2 Å². The van der Waals surface area contributed by atoms with Crippen molar-refractivity contribution < 1.29 is 14.7 Å². The van der Waals surface area contributed by atoms with Gasteiger partial charge in [0.2, 0.25) is 5.91 Å². The number of hydrogen-bond donors (Lipinski definition) is 4. The van der Waals surface area contributed by atoms with Gasteiger partial charge in [-0.05, 0) is 6.92 Å². The molecule has 9 heteroatoms. The van der Waals surface area contributed by atoms with E-state index >= 15 is 0 Å². The summed E-state index contributed by atoms with van der Waals surface area (Å²) < 4.78 is 1.03. The first-order chi connectivity index (χ1) is 9.35. The number of aromatic nitrogens is 2. The van der Waals surface area contributed by atoms with Crippen molar-refractivity contribution >= 4 is 11.9 Å². The highest BCUT2D eigenvalue weighted by Gasteiger charge is 2.20. The normalized spacial score (nSPS) is 11.9. The summed E-state index contributed by atoms with van der Waals surface area (Å²) in [7, 11) is 0. The molecule has 20 heavy (non-hydrogen) atoms. The third-order valence-electron chi connectivity index (χ3n) is 2.57. The molecule has 1 unspecified atom stereocenters. The van der Waals surface area contributed by atoms with Gasteiger partial charge in [0.15, 0.2) is 0 Å². The van der Waals surface area contributed by atoms with Crippen LogP contribution in [0, 0.1) is 6.92 Å². The number of H-pyrrole nitrogens is 1. The molecule has 1 rings (SSSR count). The van der Waals surface area contributed by atoms with Crippen molar-refractivity contribution in [1.82, 2.24) is 14.9 Å². The van der Waals surface area contributed by atoms with Gasteiger partial charge in [-0.15, -0.1) is 0 Å². The van der Waals surface area contributed by atoms with Gasteiger partial charge in [0.25, 0.3) is 5.56 Å². The molecule has 0 saturated heterocycles. The molecule has 0 spiro atoms. The third kappa shape index (κ3) is 4.05. The lowest BCUT2D eigenvalue weighted by Gasteiger charge is -2.15. The van der Waals surface area contributed by atoms with Gasteiger partial charge in [-0.25, -0.2) is 9.59 Å². The molecule has 0 aromatic carbocycles. The van der Waals surface area contributed by atoms with Gasteiger partial charge in [-0.2, -0.15) is 0 Å². The number of carboxylic acids is 1. The van der Waals surface area contributed by atoms with Gasteiger partial charge in [-0.3, -0.25) is 19.1 Å². The highest BCUT2D eigenvalue weighted by Crippen LogP contribution is 1.93. The molecule has 0 bridgehead atoms. The zero-order valence-electron chi connectivity index (χ0n) is 10.9. The van der Waals surface area contributed by atoms with Crippen molar-refractivity contribution in [2.45, 2.75) is 25.9 Å². The largest absolute Gasteiger partial charge is 0.480 e. The number of carboxylic acid groups (broad SMARTS) is 1. The Morgan fingerprint density at radius 2 is 2.15 bits per heavy atom. The average molecular weight is 284 g/mol. The maximum absolute atomic E-state index is 11.5. The summed E-state index contributed by atoms with van der Waals surface area (Å²) in [5.41, 5.74) is 4.18. The molecular formula is C11H16N4O5. The SMILES string of the molecule is Cc1cn(CC(NC(=O)CCN)C(=O)O)c(=O)[nH]c1=O. The Kier molecular flexibility index (Phi) is 5.21. The van der Waals surface area contributed by atoms with E-state index in [1.54, 1.807) is 0 Å². The molecular weight excluding hydrogens is 268 g/mol. The van der Waals surface area contributed by atoms with Crippen LogP contribution >= 0.6 is 0 Å². The molecule has 1 aromatic rings. The Hall–Kier alpha value is -2.42. The van der Waals surface area contributed by atoms with E-state index in [0.717, 1.165) is 4.57 Å². The number of aryl methyl sites for hydroxylation is 1. The molecule has 0 saturated carbocycles. The number of nitrogens with zero attached hydrogens (tertiary/aromatic N) is 1. The first-order valence-electron chi connectivity index (χ1n) is 5.87. The van der Waals surface area contributed by atoms with Crippen LogP contribution in [0.4, 0.5) is 0 Å². The van der Waals surface area contributed by atoms with Gasteiger partial charge in [0.05, 0.1) is 6.54 Å². The average Bonchev–Trinajstić information content (AvgIpc) is 2.35. The van der Waals surface area contributed by atoms with Crippen molar-refractivity contribution in [2.75, 3.05) is 6.54 Å². The third-order valence-corrected chi connectivity index (χ3v) is 2.57. The molecule has 0 fully saturated rings. The minimum atomic E-state index is -1.29. The maximum atomic E-state index is 11.5. The summed E-state index contributed by atoms with van der Waals surface area (Å²) in [4.78, 5) is 47.2. The molecule has 1 aromatic heterocycles. The minimum absolute atomic E-state index is 0.0106. The first kappa shape index (κ1) is 15.6. The Labute approximate surface area is 113 Å². The lowest BCUT2D eigenvalue weighted by Crippen LogP contribution is -2.46. The van der Waals surface area contributed by atoms with E-state index < -0.39 is 29.2 Å². The minimum Gasteiger partial charge on any atom is -0.480 e. The number of rotatable bonds is 6. The number of hydrogen-bond acceptors (Lipinski definition) is 5. The highest BCUT2D eigenvalue weighted by atomic mass is 16.4. The second-order valence-electron chi connectivity index (χ2n) is 4.22.